The summed E-state index contributed by atoms with van der Waals surface area (Å²) >= 11 is 0. The van der Waals surface area contributed by atoms with E-state index in [-0.39, 0.29) is 18.1 Å². The lowest BCUT2D eigenvalue weighted by Gasteiger charge is -2.17. The Bertz CT molecular complexity index is 617. The highest BCUT2D eigenvalue weighted by molar-refractivity contribution is 5.84. The largest absolute Gasteiger partial charge is 0.368 e. The smallest absolute Gasteiger partial charge is 0.249 e. The van der Waals surface area contributed by atoms with Crippen molar-refractivity contribution >= 4 is 16.7 Å². The molecular weight excluding hydrogens is 250 g/mol. The second kappa shape index (κ2) is 5.63. The summed E-state index contributed by atoms with van der Waals surface area (Å²) in [5.74, 6) is 0.00292. The predicted molar refractivity (Wildman–Crippen MR) is 79.5 cm³/mol. The van der Waals surface area contributed by atoms with Gasteiger partial charge in [0.2, 0.25) is 5.91 Å². The number of nitrogens with one attached hydrogen (secondary N) is 1. The van der Waals surface area contributed by atoms with E-state index in [2.05, 4.69) is 35.6 Å². The predicted octanol–water partition coefficient (Wildman–Crippen LogP) is 3.20. The first kappa shape index (κ1) is 13.1. The fourth-order valence-electron chi connectivity index (χ4n) is 2.65. The number of ether oxygens (including phenoxy) is 1. The highest BCUT2D eigenvalue weighted by atomic mass is 16.5. The topological polar surface area (TPSA) is 38.3 Å². The molecule has 1 saturated heterocycles. The molecule has 1 N–H and O–H groups in total. The molecule has 2 unspecified atom stereocenters. The SMILES string of the molecule is CC(NC(=O)C1CCCO1)c1ccc2ccccc2c1. The zero-order valence-corrected chi connectivity index (χ0v) is 11.6. The van der Waals surface area contributed by atoms with E-state index >= 15 is 0 Å². The lowest BCUT2D eigenvalue weighted by atomic mass is 10.0. The monoisotopic (exact) mass is 269 g/mol. The molecule has 0 aromatic heterocycles. The molecule has 2 aromatic carbocycles. The van der Waals surface area contributed by atoms with E-state index in [9.17, 15) is 4.79 Å². The fourth-order valence-corrected chi connectivity index (χ4v) is 2.65. The molecule has 0 bridgehead atoms. The van der Waals surface area contributed by atoms with Crippen LogP contribution in [0.4, 0.5) is 0 Å². The quantitative estimate of drug-likeness (QED) is 0.929. The Kier molecular flexibility index (Phi) is 3.70. The number of hydrogen-bond donors (Lipinski definition) is 1. The Morgan fingerprint density at radius 1 is 1.25 bits per heavy atom. The number of carbonyl (C=O) groups excluding carboxylic acids is 1. The average molecular weight is 269 g/mol. The molecule has 2 aromatic rings. The van der Waals surface area contributed by atoms with Crippen LogP contribution in [0.1, 0.15) is 31.4 Å². The third-order valence-electron chi connectivity index (χ3n) is 3.85. The van der Waals surface area contributed by atoms with Gasteiger partial charge in [-0.1, -0.05) is 36.4 Å². The summed E-state index contributed by atoms with van der Waals surface area (Å²) < 4.78 is 5.41. The third kappa shape index (κ3) is 2.68. The summed E-state index contributed by atoms with van der Waals surface area (Å²) in [6, 6.07) is 14.5. The van der Waals surface area contributed by atoms with E-state index in [0.717, 1.165) is 18.4 Å². The van der Waals surface area contributed by atoms with Gasteiger partial charge in [-0.2, -0.15) is 0 Å². The van der Waals surface area contributed by atoms with Crippen LogP contribution in [0.3, 0.4) is 0 Å². The van der Waals surface area contributed by atoms with E-state index in [4.69, 9.17) is 4.74 Å². The number of amides is 1. The van der Waals surface area contributed by atoms with Crippen LogP contribution in [0, 0.1) is 0 Å². The van der Waals surface area contributed by atoms with Crippen molar-refractivity contribution in [1.82, 2.24) is 5.32 Å². The average Bonchev–Trinajstić information content (AvgIpc) is 3.01. The van der Waals surface area contributed by atoms with Crippen molar-refractivity contribution < 1.29 is 9.53 Å². The molecule has 1 aliphatic heterocycles. The van der Waals surface area contributed by atoms with Crippen LogP contribution in [0.15, 0.2) is 42.5 Å². The molecule has 0 aliphatic carbocycles. The van der Waals surface area contributed by atoms with E-state index in [1.54, 1.807) is 0 Å². The lowest BCUT2D eigenvalue weighted by molar-refractivity contribution is -0.130. The Labute approximate surface area is 118 Å². The van der Waals surface area contributed by atoms with E-state index in [1.165, 1.54) is 10.8 Å². The Balaban J connectivity index is 1.74. The molecule has 3 heteroatoms. The summed E-state index contributed by atoms with van der Waals surface area (Å²) in [7, 11) is 0. The second-order valence-electron chi connectivity index (χ2n) is 5.34. The van der Waals surface area contributed by atoms with Gasteiger partial charge in [0.05, 0.1) is 6.04 Å². The van der Waals surface area contributed by atoms with Crippen molar-refractivity contribution in [1.29, 1.82) is 0 Å². The summed E-state index contributed by atoms with van der Waals surface area (Å²) in [6.07, 6.45) is 1.54. The minimum absolute atomic E-state index is 0.00292. The van der Waals surface area contributed by atoms with Gasteiger partial charge in [-0.25, -0.2) is 0 Å². The van der Waals surface area contributed by atoms with Crippen molar-refractivity contribution in [2.24, 2.45) is 0 Å². The van der Waals surface area contributed by atoms with Crippen LogP contribution in [0.2, 0.25) is 0 Å². The standard InChI is InChI=1S/C17H19NO2/c1-12(18-17(19)16-7-4-10-20-16)14-9-8-13-5-2-3-6-15(13)11-14/h2-3,5-6,8-9,11-12,16H,4,7,10H2,1H3,(H,18,19). The zero-order valence-electron chi connectivity index (χ0n) is 11.6. The van der Waals surface area contributed by atoms with Crippen LogP contribution < -0.4 is 5.32 Å². The Morgan fingerprint density at radius 3 is 2.80 bits per heavy atom. The normalized spacial score (nSPS) is 19.9. The molecule has 1 fully saturated rings. The molecule has 1 heterocycles. The molecule has 3 nitrogen and oxygen atoms in total. The van der Waals surface area contributed by atoms with Crippen molar-refractivity contribution in [3.8, 4) is 0 Å². The zero-order chi connectivity index (χ0) is 13.9. The number of carbonyl (C=O) groups is 1. The summed E-state index contributed by atoms with van der Waals surface area (Å²) in [5.41, 5.74) is 1.12. The molecule has 2 atom stereocenters. The van der Waals surface area contributed by atoms with Gasteiger partial charge in [0.15, 0.2) is 0 Å². The highest BCUT2D eigenvalue weighted by Gasteiger charge is 2.24. The first-order chi connectivity index (χ1) is 9.74. The minimum atomic E-state index is -0.266. The fraction of sp³-hybridized carbons (Fsp3) is 0.353. The summed E-state index contributed by atoms with van der Waals surface area (Å²) in [6.45, 7) is 2.71. The van der Waals surface area contributed by atoms with Crippen molar-refractivity contribution in [3.05, 3.63) is 48.0 Å². The van der Waals surface area contributed by atoms with Gasteiger partial charge in [-0.15, -0.1) is 0 Å². The Morgan fingerprint density at radius 2 is 2.05 bits per heavy atom. The summed E-state index contributed by atoms with van der Waals surface area (Å²) in [5, 5.41) is 5.45. The van der Waals surface area contributed by atoms with Gasteiger partial charge in [0, 0.05) is 6.61 Å². The van der Waals surface area contributed by atoms with Crippen LogP contribution in [0.5, 0.6) is 0 Å². The van der Waals surface area contributed by atoms with Crippen molar-refractivity contribution in [3.63, 3.8) is 0 Å². The van der Waals surface area contributed by atoms with E-state index in [1.807, 2.05) is 19.1 Å². The molecule has 104 valence electrons. The van der Waals surface area contributed by atoms with E-state index in [0.29, 0.717) is 6.61 Å². The lowest BCUT2D eigenvalue weighted by Crippen LogP contribution is -2.35. The van der Waals surface area contributed by atoms with Crippen LogP contribution in [-0.4, -0.2) is 18.6 Å². The van der Waals surface area contributed by atoms with Gasteiger partial charge in [0.25, 0.3) is 0 Å². The molecule has 0 radical (unpaired) electrons. The maximum absolute atomic E-state index is 12.1. The third-order valence-corrected chi connectivity index (χ3v) is 3.85. The van der Waals surface area contributed by atoms with Crippen LogP contribution in [-0.2, 0) is 9.53 Å². The highest BCUT2D eigenvalue weighted by Crippen LogP contribution is 2.21. The molecule has 0 spiro atoms. The second-order valence-corrected chi connectivity index (χ2v) is 5.34. The van der Waals surface area contributed by atoms with Crippen LogP contribution >= 0.6 is 0 Å². The number of fused-ring (bicyclic) bond motifs is 1. The number of hydrogen-bond acceptors (Lipinski definition) is 2. The van der Waals surface area contributed by atoms with Gasteiger partial charge in [-0.05, 0) is 42.2 Å². The first-order valence-electron chi connectivity index (χ1n) is 7.15. The van der Waals surface area contributed by atoms with Gasteiger partial charge < -0.3 is 10.1 Å². The molecule has 1 aliphatic rings. The van der Waals surface area contributed by atoms with Crippen LogP contribution in [0.25, 0.3) is 10.8 Å². The van der Waals surface area contributed by atoms with Gasteiger partial charge >= 0.3 is 0 Å². The maximum Gasteiger partial charge on any atom is 0.249 e. The molecule has 0 saturated carbocycles. The van der Waals surface area contributed by atoms with Crippen molar-refractivity contribution in [2.75, 3.05) is 6.61 Å². The van der Waals surface area contributed by atoms with Gasteiger partial charge in [-0.3, -0.25) is 4.79 Å². The summed E-state index contributed by atoms with van der Waals surface area (Å²) in [4.78, 5) is 12.1. The molecule has 20 heavy (non-hydrogen) atoms. The minimum Gasteiger partial charge on any atom is -0.368 e. The maximum atomic E-state index is 12.1. The van der Waals surface area contributed by atoms with Crippen molar-refractivity contribution in [2.45, 2.75) is 31.9 Å². The molecule has 1 amide bonds. The molecule has 3 rings (SSSR count). The first-order valence-corrected chi connectivity index (χ1v) is 7.15. The molecular formula is C17H19NO2. The number of benzene rings is 2. The Hall–Kier alpha value is -1.87. The van der Waals surface area contributed by atoms with E-state index < -0.39 is 0 Å². The number of rotatable bonds is 3. The van der Waals surface area contributed by atoms with Gasteiger partial charge in [0.1, 0.15) is 6.10 Å².